The number of para-hydroxylation sites is 1. The van der Waals surface area contributed by atoms with E-state index in [1.165, 1.54) is 23.5 Å². The predicted octanol–water partition coefficient (Wildman–Crippen LogP) is 3.44. The van der Waals surface area contributed by atoms with Crippen molar-refractivity contribution in [3.63, 3.8) is 0 Å². The highest BCUT2D eigenvalue weighted by Gasteiger charge is 2.31. The quantitative estimate of drug-likeness (QED) is 0.258. The van der Waals surface area contributed by atoms with Crippen molar-refractivity contribution in [2.75, 3.05) is 33.3 Å². The highest BCUT2D eigenvalue weighted by Crippen LogP contribution is 2.27. The Morgan fingerprint density at radius 1 is 1.00 bits per heavy atom. The lowest BCUT2D eigenvalue weighted by molar-refractivity contribution is 0.0590. The number of pyridine rings is 1. The number of nitrogens with zero attached hydrogens (tertiary/aromatic N) is 3. The van der Waals surface area contributed by atoms with Crippen molar-refractivity contribution in [3.8, 4) is 5.69 Å². The van der Waals surface area contributed by atoms with E-state index in [0.717, 1.165) is 0 Å². The molecule has 5 rings (SSSR count). The monoisotopic (exact) mass is 593 g/mol. The van der Waals surface area contributed by atoms with E-state index in [0.29, 0.717) is 40.3 Å². The number of methoxy groups -OCH3 is 1. The summed E-state index contributed by atoms with van der Waals surface area (Å²) >= 11 is 6.30. The molecule has 4 aromatic rings. The number of piperazine rings is 1. The molecule has 12 heteroatoms. The number of ether oxygens (including phenoxy) is 1. The van der Waals surface area contributed by atoms with E-state index < -0.39 is 23.0 Å². The zero-order valence-electron chi connectivity index (χ0n) is 22.7. The largest absolute Gasteiger partial charge is 0.464 e. The maximum absolute atomic E-state index is 13.8. The fraction of sp³-hybridized carbons (Fsp3) is 0.241. The predicted molar refractivity (Wildman–Crippen MR) is 159 cm³/mol. The van der Waals surface area contributed by atoms with Crippen LogP contribution in [0.1, 0.15) is 21.6 Å². The van der Waals surface area contributed by atoms with Crippen LogP contribution in [-0.2, 0) is 21.2 Å². The van der Waals surface area contributed by atoms with Gasteiger partial charge in [-0.05, 0) is 54.9 Å². The molecule has 1 aromatic heterocycles. The minimum atomic E-state index is -3.74. The Kier molecular flexibility index (Phi) is 8.35. The summed E-state index contributed by atoms with van der Waals surface area (Å²) in [6.45, 7) is 3.08. The third-order valence-electron chi connectivity index (χ3n) is 7.37. The van der Waals surface area contributed by atoms with Crippen molar-refractivity contribution < 1.29 is 23.0 Å². The lowest BCUT2D eigenvalue weighted by Gasteiger charge is -2.34. The number of fused-ring (bicyclic) bond motifs is 1. The second-order valence-corrected chi connectivity index (χ2v) is 12.2. The first-order chi connectivity index (χ1) is 19.6. The Morgan fingerprint density at radius 2 is 1.66 bits per heavy atom. The molecule has 0 saturated carbocycles. The third-order valence-corrected chi connectivity index (χ3v) is 9.51. The van der Waals surface area contributed by atoms with Crippen molar-refractivity contribution in [1.82, 2.24) is 13.7 Å². The first kappa shape index (κ1) is 29.0. The summed E-state index contributed by atoms with van der Waals surface area (Å²) in [4.78, 5) is 28.9. The number of hydrogen-bond donors (Lipinski definition) is 1. The topological polar surface area (TPSA) is 109 Å². The number of esters is 1. The van der Waals surface area contributed by atoms with Gasteiger partial charge in [-0.3, -0.25) is 4.79 Å². The normalized spacial score (nSPS) is 14.7. The molecule has 41 heavy (non-hydrogen) atoms. The molecule has 1 aliphatic rings. The van der Waals surface area contributed by atoms with Gasteiger partial charge in [-0.15, -0.1) is 0 Å². The van der Waals surface area contributed by atoms with Gasteiger partial charge in [-0.2, -0.15) is 4.31 Å². The highest BCUT2D eigenvalue weighted by atomic mass is 35.5. The van der Waals surface area contributed by atoms with Crippen LogP contribution in [0.25, 0.3) is 16.6 Å². The van der Waals surface area contributed by atoms with Crippen molar-refractivity contribution in [2.45, 2.75) is 18.1 Å². The summed E-state index contributed by atoms with van der Waals surface area (Å²) in [5.41, 5.74) is 1.73. The average molecular weight is 594 g/mol. The summed E-state index contributed by atoms with van der Waals surface area (Å²) in [5, 5.41) is 10.6. The Labute approximate surface area is 243 Å². The van der Waals surface area contributed by atoms with E-state index in [1.807, 2.05) is 35.1 Å². The van der Waals surface area contributed by atoms with Crippen LogP contribution in [-0.4, -0.2) is 73.4 Å². The molecular formula is C29H29BClN3O6S. The van der Waals surface area contributed by atoms with Crippen molar-refractivity contribution >= 4 is 45.5 Å². The number of sulfonamides is 1. The van der Waals surface area contributed by atoms with Crippen LogP contribution in [0.5, 0.6) is 0 Å². The Morgan fingerprint density at radius 3 is 2.27 bits per heavy atom. The Balaban J connectivity index is 1.56. The van der Waals surface area contributed by atoms with E-state index in [-0.39, 0.29) is 41.1 Å². The van der Waals surface area contributed by atoms with Gasteiger partial charge in [-0.25, -0.2) is 13.2 Å². The van der Waals surface area contributed by atoms with E-state index in [4.69, 9.17) is 16.3 Å². The number of carbonyl (C=O) groups excluding carboxylic acids is 1. The molecule has 0 atom stereocenters. The van der Waals surface area contributed by atoms with Crippen LogP contribution in [0.3, 0.4) is 0 Å². The molecule has 212 valence electrons. The summed E-state index contributed by atoms with van der Waals surface area (Å²) in [5.74, 6) is -0.682. The molecule has 0 bridgehead atoms. The number of halogens is 1. The van der Waals surface area contributed by atoms with Gasteiger partial charge in [-0.1, -0.05) is 41.9 Å². The zero-order chi connectivity index (χ0) is 29.3. The zero-order valence-corrected chi connectivity index (χ0v) is 24.2. The maximum atomic E-state index is 13.8. The van der Waals surface area contributed by atoms with Crippen LogP contribution >= 0.6 is 11.6 Å². The molecule has 0 radical (unpaired) electrons. The average Bonchev–Trinajstić information content (AvgIpc) is 2.98. The second-order valence-electron chi connectivity index (χ2n) is 9.87. The van der Waals surface area contributed by atoms with Gasteiger partial charge in [0.2, 0.25) is 10.0 Å². The van der Waals surface area contributed by atoms with Crippen LogP contribution in [0.4, 0.5) is 0 Å². The number of hydrogen-bond acceptors (Lipinski definition) is 7. The van der Waals surface area contributed by atoms with Gasteiger partial charge in [0.25, 0.3) is 0 Å². The van der Waals surface area contributed by atoms with Crippen LogP contribution < -0.4 is 5.43 Å². The Bertz CT molecular complexity index is 1750. The number of rotatable bonds is 7. The molecule has 9 nitrogen and oxygen atoms in total. The van der Waals surface area contributed by atoms with E-state index >= 15 is 0 Å². The minimum absolute atomic E-state index is 0.0715. The molecule has 1 N–H and O–H groups in total. The van der Waals surface area contributed by atoms with E-state index in [2.05, 4.69) is 0 Å². The van der Waals surface area contributed by atoms with E-state index in [9.17, 15) is 23.0 Å². The molecular weight excluding hydrogens is 565 g/mol. The van der Waals surface area contributed by atoms with Gasteiger partial charge in [0.1, 0.15) is 5.69 Å². The molecule has 2 heterocycles. The summed E-state index contributed by atoms with van der Waals surface area (Å²) in [6.07, 6.45) is 0.0715. The third kappa shape index (κ3) is 5.68. The van der Waals surface area contributed by atoms with Crippen LogP contribution in [0.15, 0.2) is 82.5 Å². The van der Waals surface area contributed by atoms with Crippen LogP contribution in [0.2, 0.25) is 11.8 Å². The SMILES string of the molecule is COC(=O)c1c(Cc2ccc(S(=O)(=O)N3CCN(B(C)O)CC3)cc2)c(=O)c2ccc(Cl)cc2n1-c1ccccc1. The number of aromatic nitrogens is 1. The molecule has 0 spiro atoms. The standard InChI is InChI=1S/C29H29BClN3O6S/c1-30(37)32-14-16-33(17-15-32)41(38,39)23-11-8-20(9-12-23)18-25-27(29(36)40-2)34(22-6-4-3-5-7-22)26-19-21(31)10-13-24(26)28(25)35/h3-13,19,37H,14-18H2,1-2H3. The van der Waals surface area contributed by atoms with Gasteiger partial charge in [0, 0.05) is 54.3 Å². The molecule has 0 unspecified atom stereocenters. The lowest BCUT2D eigenvalue weighted by atomic mass is 9.84. The van der Waals surface area contributed by atoms with Crippen molar-refractivity contribution in [3.05, 3.63) is 105 Å². The molecule has 0 aliphatic carbocycles. The molecule has 1 aliphatic heterocycles. The molecule has 1 fully saturated rings. The van der Waals surface area contributed by atoms with Crippen molar-refractivity contribution in [1.29, 1.82) is 0 Å². The van der Waals surface area contributed by atoms with Gasteiger partial charge in [0.05, 0.1) is 17.5 Å². The second kappa shape index (κ2) is 11.8. The first-order valence-electron chi connectivity index (χ1n) is 13.1. The van der Waals surface area contributed by atoms with Crippen molar-refractivity contribution in [2.24, 2.45) is 0 Å². The maximum Gasteiger partial charge on any atom is 0.376 e. The van der Waals surface area contributed by atoms with E-state index in [1.54, 1.807) is 41.7 Å². The number of carbonyl (C=O) groups is 1. The fourth-order valence-electron chi connectivity index (χ4n) is 5.18. The molecule has 0 amide bonds. The highest BCUT2D eigenvalue weighted by molar-refractivity contribution is 7.89. The molecule has 3 aromatic carbocycles. The fourth-order valence-corrected chi connectivity index (χ4v) is 6.77. The Hall–Kier alpha value is -3.48. The van der Waals surface area contributed by atoms with Gasteiger partial charge in [0.15, 0.2) is 5.43 Å². The van der Waals surface area contributed by atoms with Gasteiger partial charge >= 0.3 is 13.0 Å². The summed E-state index contributed by atoms with van der Waals surface area (Å²) < 4.78 is 34.7. The summed E-state index contributed by atoms with van der Waals surface area (Å²) in [6, 6.07) is 20.4. The smallest absolute Gasteiger partial charge is 0.376 e. The summed E-state index contributed by atoms with van der Waals surface area (Å²) in [7, 11) is -3.11. The first-order valence-corrected chi connectivity index (χ1v) is 15.0. The lowest BCUT2D eigenvalue weighted by Crippen LogP contribution is -2.52. The minimum Gasteiger partial charge on any atom is -0.464 e. The van der Waals surface area contributed by atoms with Crippen LogP contribution in [0, 0.1) is 0 Å². The molecule has 1 saturated heterocycles. The van der Waals surface area contributed by atoms with Gasteiger partial charge < -0.3 is 19.1 Å². The number of benzene rings is 3.